The van der Waals surface area contributed by atoms with Gasteiger partial charge in [0.05, 0.1) is 12.0 Å². The number of anilines is 1. The lowest BCUT2D eigenvalue weighted by atomic mass is 10.0. The van der Waals surface area contributed by atoms with Gasteiger partial charge in [-0.1, -0.05) is 18.2 Å². The Morgan fingerprint density at radius 3 is 2.88 bits per heavy atom. The average molecular weight is 235 g/mol. The van der Waals surface area contributed by atoms with Crippen molar-refractivity contribution >= 4 is 11.7 Å². The van der Waals surface area contributed by atoms with E-state index in [4.69, 9.17) is 5.11 Å². The highest BCUT2D eigenvalue weighted by Crippen LogP contribution is 2.29. The molecular formula is C13H17NO3. The molecule has 0 saturated heterocycles. The Bertz CT molecular complexity index is 428. The zero-order valence-corrected chi connectivity index (χ0v) is 9.89. The van der Waals surface area contributed by atoms with E-state index in [1.54, 1.807) is 6.92 Å². The van der Waals surface area contributed by atoms with Crippen LogP contribution in [-0.2, 0) is 11.2 Å². The minimum atomic E-state index is -1.19. The highest BCUT2D eigenvalue weighted by molar-refractivity contribution is 5.68. The molecule has 0 fully saturated rings. The van der Waals surface area contributed by atoms with Gasteiger partial charge in [0.2, 0.25) is 0 Å². The number of rotatable bonds is 4. The van der Waals surface area contributed by atoms with Gasteiger partial charge in [0.25, 0.3) is 0 Å². The van der Waals surface area contributed by atoms with Gasteiger partial charge in [0.1, 0.15) is 0 Å². The number of hydrogen-bond acceptors (Lipinski definition) is 3. The minimum absolute atomic E-state index is 0.230. The maximum Gasteiger partial charge on any atom is 0.306 e. The normalized spacial score (nSPS) is 17.6. The molecule has 1 heterocycles. The second kappa shape index (κ2) is 4.37. The molecule has 4 nitrogen and oxygen atoms in total. The molecule has 1 aliphatic heterocycles. The van der Waals surface area contributed by atoms with Crippen molar-refractivity contribution in [3.8, 4) is 0 Å². The van der Waals surface area contributed by atoms with Gasteiger partial charge in [-0.2, -0.15) is 0 Å². The van der Waals surface area contributed by atoms with Crippen LogP contribution in [0.1, 0.15) is 18.9 Å². The molecule has 4 heteroatoms. The Balaban J connectivity index is 2.09. The minimum Gasteiger partial charge on any atom is -0.481 e. The highest BCUT2D eigenvalue weighted by atomic mass is 16.4. The summed E-state index contributed by atoms with van der Waals surface area (Å²) in [4.78, 5) is 12.7. The van der Waals surface area contributed by atoms with Crippen molar-refractivity contribution in [2.24, 2.45) is 0 Å². The summed E-state index contributed by atoms with van der Waals surface area (Å²) in [5.74, 6) is -0.970. The van der Waals surface area contributed by atoms with Gasteiger partial charge in [0.15, 0.2) is 0 Å². The van der Waals surface area contributed by atoms with E-state index in [2.05, 4.69) is 11.0 Å². The molecule has 1 aliphatic rings. The van der Waals surface area contributed by atoms with Crippen LogP contribution in [0, 0.1) is 0 Å². The lowest BCUT2D eigenvalue weighted by Gasteiger charge is -2.29. The van der Waals surface area contributed by atoms with Gasteiger partial charge < -0.3 is 15.1 Å². The number of aliphatic carboxylic acids is 1. The Kier molecular flexibility index (Phi) is 3.07. The third-order valence-electron chi connectivity index (χ3n) is 3.05. The van der Waals surface area contributed by atoms with Gasteiger partial charge in [-0.05, 0) is 25.0 Å². The number of para-hydroxylation sites is 1. The van der Waals surface area contributed by atoms with Crippen LogP contribution >= 0.6 is 0 Å². The number of fused-ring (bicyclic) bond motifs is 1. The van der Waals surface area contributed by atoms with E-state index in [1.807, 2.05) is 18.2 Å². The zero-order chi connectivity index (χ0) is 12.5. The summed E-state index contributed by atoms with van der Waals surface area (Å²) in [6, 6.07) is 8.04. The van der Waals surface area contributed by atoms with Crippen molar-refractivity contribution < 1.29 is 15.0 Å². The van der Waals surface area contributed by atoms with Gasteiger partial charge in [-0.15, -0.1) is 0 Å². The van der Waals surface area contributed by atoms with Crippen molar-refractivity contribution in [1.29, 1.82) is 0 Å². The molecule has 0 spiro atoms. The average Bonchev–Trinajstić information content (AvgIpc) is 2.59. The Morgan fingerprint density at radius 2 is 2.18 bits per heavy atom. The molecule has 0 amide bonds. The van der Waals surface area contributed by atoms with Crippen LogP contribution in [0.25, 0.3) is 0 Å². The number of nitrogens with zero attached hydrogens (tertiary/aromatic N) is 1. The van der Waals surface area contributed by atoms with Crippen molar-refractivity contribution in [2.75, 3.05) is 18.0 Å². The zero-order valence-electron chi connectivity index (χ0n) is 9.89. The highest BCUT2D eigenvalue weighted by Gasteiger charge is 2.29. The molecule has 0 aliphatic carbocycles. The standard InChI is InChI=1S/C13H17NO3/c1-13(17,8-12(15)16)9-14-7-6-10-4-2-3-5-11(10)14/h2-5,17H,6-9H2,1H3,(H,15,16). The summed E-state index contributed by atoms with van der Waals surface area (Å²) in [6.07, 6.45) is 0.727. The molecule has 0 saturated carbocycles. The van der Waals surface area contributed by atoms with E-state index in [1.165, 1.54) is 5.56 Å². The first-order chi connectivity index (χ1) is 7.98. The molecule has 1 aromatic rings. The Hall–Kier alpha value is -1.55. The predicted octanol–water partition coefficient (Wildman–Crippen LogP) is 1.27. The third kappa shape index (κ3) is 2.77. The maximum absolute atomic E-state index is 10.7. The topological polar surface area (TPSA) is 60.8 Å². The maximum atomic E-state index is 10.7. The molecule has 0 radical (unpaired) electrons. The van der Waals surface area contributed by atoms with Crippen LogP contribution in [0.2, 0.25) is 0 Å². The second-order valence-electron chi connectivity index (χ2n) is 4.87. The van der Waals surface area contributed by atoms with Gasteiger partial charge in [-0.25, -0.2) is 0 Å². The second-order valence-corrected chi connectivity index (χ2v) is 4.87. The van der Waals surface area contributed by atoms with Gasteiger partial charge >= 0.3 is 5.97 Å². The Morgan fingerprint density at radius 1 is 1.47 bits per heavy atom. The van der Waals surface area contributed by atoms with Crippen LogP contribution in [0.3, 0.4) is 0 Å². The molecule has 0 aromatic heterocycles. The smallest absolute Gasteiger partial charge is 0.306 e. The number of aliphatic hydroxyl groups is 1. The molecule has 2 N–H and O–H groups in total. The van der Waals surface area contributed by atoms with E-state index in [-0.39, 0.29) is 6.42 Å². The summed E-state index contributed by atoms with van der Waals surface area (Å²) in [5.41, 5.74) is 1.18. The van der Waals surface area contributed by atoms with E-state index >= 15 is 0 Å². The summed E-state index contributed by atoms with van der Waals surface area (Å²) in [7, 11) is 0. The van der Waals surface area contributed by atoms with Crippen LogP contribution in [0.5, 0.6) is 0 Å². The van der Waals surface area contributed by atoms with Crippen LogP contribution in [-0.4, -0.2) is 34.9 Å². The Labute approximate surface area is 100 Å². The number of hydrogen-bond donors (Lipinski definition) is 2. The molecule has 17 heavy (non-hydrogen) atoms. The first kappa shape index (κ1) is 11.9. The van der Waals surface area contributed by atoms with Crippen molar-refractivity contribution in [3.05, 3.63) is 29.8 Å². The van der Waals surface area contributed by atoms with E-state index in [9.17, 15) is 9.90 Å². The summed E-state index contributed by atoms with van der Waals surface area (Å²) in [5, 5.41) is 18.8. The van der Waals surface area contributed by atoms with Gasteiger partial charge in [-0.3, -0.25) is 4.79 Å². The van der Waals surface area contributed by atoms with Crippen LogP contribution < -0.4 is 4.90 Å². The molecule has 0 bridgehead atoms. The fourth-order valence-electron chi connectivity index (χ4n) is 2.36. The molecule has 1 atom stereocenters. The quantitative estimate of drug-likeness (QED) is 0.825. The van der Waals surface area contributed by atoms with Crippen molar-refractivity contribution in [3.63, 3.8) is 0 Å². The number of benzene rings is 1. The largest absolute Gasteiger partial charge is 0.481 e. The van der Waals surface area contributed by atoms with E-state index < -0.39 is 11.6 Å². The number of carboxylic acids is 1. The fourth-order valence-corrected chi connectivity index (χ4v) is 2.36. The predicted molar refractivity (Wildman–Crippen MR) is 65.2 cm³/mol. The number of carboxylic acid groups (broad SMARTS) is 1. The molecular weight excluding hydrogens is 218 g/mol. The van der Waals surface area contributed by atoms with Crippen molar-refractivity contribution in [2.45, 2.75) is 25.4 Å². The van der Waals surface area contributed by atoms with Gasteiger partial charge in [0, 0.05) is 18.8 Å². The van der Waals surface area contributed by atoms with Crippen LogP contribution in [0.4, 0.5) is 5.69 Å². The van der Waals surface area contributed by atoms with Crippen LogP contribution in [0.15, 0.2) is 24.3 Å². The first-order valence-corrected chi connectivity index (χ1v) is 5.75. The molecule has 92 valence electrons. The summed E-state index contributed by atoms with van der Waals surface area (Å²) >= 11 is 0. The van der Waals surface area contributed by atoms with E-state index in [0.717, 1.165) is 18.7 Å². The monoisotopic (exact) mass is 235 g/mol. The lowest BCUT2D eigenvalue weighted by molar-refractivity contribution is -0.141. The molecule has 1 unspecified atom stereocenters. The summed E-state index contributed by atoms with van der Waals surface area (Å²) < 4.78 is 0. The first-order valence-electron chi connectivity index (χ1n) is 5.75. The number of carbonyl (C=O) groups is 1. The molecule has 2 rings (SSSR count). The fraction of sp³-hybridized carbons (Fsp3) is 0.462. The van der Waals surface area contributed by atoms with E-state index in [0.29, 0.717) is 6.54 Å². The number of β-amino-alcohol motifs (C(OH)–C–C–N with tert-alkyl or cyclic N) is 1. The summed E-state index contributed by atoms with van der Waals surface area (Å²) in [6.45, 7) is 2.77. The lowest BCUT2D eigenvalue weighted by Crippen LogP contribution is -2.41. The third-order valence-corrected chi connectivity index (χ3v) is 3.05. The van der Waals surface area contributed by atoms with Crippen molar-refractivity contribution in [1.82, 2.24) is 0 Å². The SMILES string of the molecule is CC(O)(CC(=O)O)CN1CCc2ccccc21. The molecule has 1 aromatic carbocycles.